The second-order valence-electron chi connectivity index (χ2n) is 4.26. The zero-order chi connectivity index (χ0) is 11.9. The number of pyridine rings is 1. The van der Waals surface area contributed by atoms with Gasteiger partial charge in [-0.2, -0.15) is 0 Å². The average molecular weight is 229 g/mol. The highest BCUT2D eigenvalue weighted by atomic mass is 16.5. The highest BCUT2D eigenvalue weighted by molar-refractivity contribution is 5.92. The summed E-state index contributed by atoms with van der Waals surface area (Å²) in [5.74, 6) is -0.833. The number of carboxylic acid groups (broad SMARTS) is 1. The van der Waals surface area contributed by atoms with Crippen LogP contribution in [0, 0.1) is 0 Å². The number of fused-ring (bicyclic) bond motifs is 1. The SMILES string of the molecule is O=C(O)C1(c2ccnc3ccccc23)COC1. The highest BCUT2D eigenvalue weighted by Crippen LogP contribution is 2.36. The molecular formula is C13H11NO3. The fourth-order valence-electron chi connectivity index (χ4n) is 2.21. The predicted octanol–water partition coefficient (Wildman–Crippen LogP) is 1.59. The molecule has 1 aliphatic rings. The topological polar surface area (TPSA) is 59.4 Å². The number of aliphatic carboxylic acids is 1. The molecule has 3 rings (SSSR count). The predicted molar refractivity (Wildman–Crippen MR) is 61.9 cm³/mol. The van der Waals surface area contributed by atoms with Gasteiger partial charge in [-0.05, 0) is 17.7 Å². The van der Waals surface area contributed by atoms with E-state index in [1.54, 1.807) is 12.3 Å². The molecule has 0 spiro atoms. The van der Waals surface area contributed by atoms with Crippen molar-refractivity contribution < 1.29 is 14.6 Å². The van der Waals surface area contributed by atoms with Gasteiger partial charge in [0.25, 0.3) is 0 Å². The largest absolute Gasteiger partial charge is 0.480 e. The van der Waals surface area contributed by atoms with Crippen LogP contribution in [0.4, 0.5) is 0 Å². The molecule has 4 heteroatoms. The van der Waals surface area contributed by atoms with Crippen LogP contribution in [-0.4, -0.2) is 29.3 Å². The standard InChI is InChI=1S/C13H11NO3/c15-12(16)13(7-17-8-13)10-5-6-14-11-4-2-1-3-9(10)11/h1-6H,7-8H2,(H,15,16). The van der Waals surface area contributed by atoms with E-state index >= 15 is 0 Å². The van der Waals surface area contributed by atoms with Crippen molar-refractivity contribution >= 4 is 16.9 Å². The number of rotatable bonds is 2. The lowest BCUT2D eigenvalue weighted by Crippen LogP contribution is -2.53. The van der Waals surface area contributed by atoms with Gasteiger partial charge in [-0.1, -0.05) is 18.2 Å². The Balaban J connectivity index is 2.27. The summed E-state index contributed by atoms with van der Waals surface area (Å²) in [4.78, 5) is 15.7. The molecule has 1 fully saturated rings. The van der Waals surface area contributed by atoms with Gasteiger partial charge in [0.15, 0.2) is 0 Å². The van der Waals surface area contributed by atoms with E-state index in [0.717, 1.165) is 16.5 Å². The van der Waals surface area contributed by atoms with Gasteiger partial charge in [0.05, 0.1) is 18.7 Å². The first-order valence-corrected chi connectivity index (χ1v) is 5.39. The average Bonchev–Trinajstić information content (AvgIpc) is 2.27. The number of hydrogen-bond donors (Lipinski definition) is 1. The molecule has 0 aliphatic carbocycles. The van der Waals surface area contributed by atoms with Crippen LogP contribution < -0.4 is 0 Å². The number of para-hydroxylation sites is 1. The third-order valence-corrected chi connectivity index (χ3v) is 3.27. The summed E-state index contributed by atoms with van der Waals surface area (Å²) in [7, 11) is 0. The van der Waals surface area contributed by atoms with Gasteiger partial charge in [-0.15, -0.1) is 0 Å². The van der Waals surface area contributed by atoms with E-state index in [4.69, 9.17) is 4.74 Å². The van der Waals surface area contributed by atoms with Crippen molar-refractivity contribution in [3.05, 3.63) is 42.1 Å². The molecule has 0 radical (unpaired) electrons. The highest BCUT2D eigenvalue weighted by Gasteiger charge is 2.48. The van der Waals surface area contributed by atoms with E-state index in [1.165, 1.54) is 0 Å². The van der Waals surface area contributed by atoms with Crippen molar-refractivity contribution in [2.45, 2.75) is 5.41 Å². The molecule has 1 aromatic carbocycles. The first-order chi connectivity index (χ1) is 8.24. The van der Waals surface area contributed by atoms with Crippen molar-refractivity contribution in [3.8, 4) is 0 Å². The molecule has 0 unspecified atom stereocenters. The summed E-state index contributed by atoms with van der Waals surface area (Å²) in [6.07, 6.45) is 1.65. The normalized spacial score (nSPS) is 17.6. The van der Waals surface area contributed by atoms with E-state index in [2.05, 4.69) is 4.98 Å². The molecule has 1 saturated heterocycles. The van der Waals surface area contributed by atoms with Gasteiger partial charge in [0, 0.05) is 11.6 Å². The number of aromatic nitrogens is 1. The summed E-state index contributed by atoms with van der Waals surface area (Å²) >= 11 is 0. The van der Waals surface area contributed by atoms with Crippen molar-refractivity contribution in [2.75, 3.05) is 13.2 Å². The van der Waals surface area contributed by atoms with E-state index in [0.29, 0.717) is 0 Å². The molecule has 4 nitrogen and oxygen atoms in total. The Morgan fingerprint density at radius 2 is 2.06 bits per heavy atom. The van der Waals surface area contributed by atoms with Crippen molar-refractivity contribution in [3.63, 3.8) is 0 Å². The Hall–Kier alpha value is -1.94. The monoisotopic (exact) mass is 229 g/mol. The van der Waals surface area contributed by atoms with Crippen molar-refractivity contribution in [2.24, 2.45) is 0 Å². The van der Waals surface area contributed by atoms with Gasteiger partial charge in [0.1, 0.15) is 5.41 Å². The quantitative estimate of drug-likeness (QED) is 0.849. The molecule has 86 valence electrons. The third-order valence-electron chi connectivity index (χ3n) is 3.27. The number of hydrogen-bond acceptors (Lipinski definition) is 3. The lowest BCUT2D eigenvalue weighted by atomic mass is 9.77. The maximum atomic E-state index is 11.4. The minimum atomic E-state index is -0.900. The van der Waals surface area contributed by atoms with Crippen LogP contribution in [0.2, 0.25) is 0 Å². The summed E-state index contributed by atoms with van der Waals surface area (Å²) in [6, 6.07) is 9.35. The molecular weight excluding hydrogens is 218 g/mol. The lowest BCUT2D eigenvalue weighted by Gasteiger charge is -2.38. The molecule has 0 bridgehead atoms. The van der Waals surface area contributed by atoms with Crippen LogP contribution in [0.3, 0.4) is 0 Å². The molecule has 0 amide bonds. The van der Waals surface area contributed by atoms with Crippen LogP contribution in [0.15, 0.2) is 36.5 Å². The van der Waals surface area contributed by atoms with E-state index in [9.17, 15) is 9.90 Å². The van der Waals surface area contributed by atoms with Crippen LogP contribution in [-0.2, 0) is 14.9 Å². The Morgan fingerprint density at radius 3 is 2.71 bits per heavy atom. The summed E-state index contributed by atoms with van der Waals surface area (Å²) < 4.78 is 5.10. The Labute approximate surface area is 97.9 Å². The lowest BCUT2D eigenvalue weighted by molar-refractivity contribution is -0.162. The minimum Gasteiger partial charge on any atom is -0.480 e. The van der Waals surface area contributed by atoms with E-state index in [1.807, 2.05) is 24.3 Å². The van der Waals surface area contributed by atoms with E-state index in [-0.39, 0.29) is 13.2 Å². The maximum Gasteiger partial charge on any atom is 0.318 e. The number of carbonyl (C=O) groups is 1. The number of benzene rings is 1. The number of ether oxygens (including phenoxy) is 1. The van der Waals surface area contributed by atoms with Crippen LogP contribution in [0.25, 0.3) is 10.9 Å². The molecule has 2 aromatic rings. The summed E-state index contributed by atoms with van der Waals surface area (Å²) in [5, 5.41) is 10.3. The zero-order valence-corrected chi connectivity index (χ0v) is 9.09. The van der Waals surface area contributed by atoms with Gasteiger partial charge in [-0.3, -0.25) is 9.78 Å². The second-order valence-corrected chi connectivity index (χ2v) is 4.26. The Morgan fingerprint density at radius 1 is 1.29 bits per heavy atom. The van der Waals surface area contributed by atoms with Gasteiger partial charge in [0.2, 0.25) is 0 Å². The first-order valence-electron chi connectivity index (χ1n) is 5.39. The Kier molecular flexibility index (Phi) is 2.12. The van der Waals surface area contributed by atoms with Crippen LogP contribution >= 0.6 is 0 Å². The minimum absolute atomic E-state index is 0.232. The third kappa shape index (κ3) is 1.34. The molecule has 1 N–H and O–H groups in total. The van der Waals surface area contributed by atoms with Gasteiger partial charge >= 0.3 is 5.97 Å². The summed E-state index contributed by atoms with van der Waals surface area (Å²) in [6.45, 7) is 0.465. The van der Waals surface area contributed by atoms with Gasteiger partial charge in [-0.25, -0.2) is 0 Å². The molecule has 17 heavy (non-hydrogen) atoms. The van der Waals surface area contributed by atoms with Crippen molar-refractivity contribution in [1.82, 2.24) is 4.98 Å². The zero-order valence-electron chi connectivity index (χ0n) is 9.09. The molecule has 0 atom stereocenters. The van der Waals surface area contributed by atoms with Crippen molar-refractivity contribution in [1.29, 1.82) is 0 Å². The Bertz CT molecular complexity index is 585. The fourth-order valence-corrected chi connectivity index (χ4v) is 2.21. The maximum absolute atomic E-state index is 11.4. The molecule has 2 heterocycles. The molecule has 1 aromatic heterocycles. The summed E-state index contributed by atoms with van der Waals surface area (Å²) in [5.41, 5.74) is 0.710. The van der Waals surface area contributed by atoms with Crippen LogP contribution in [0.5, 0.6) is 0 Å². The van der Waals surface area contributed by atoms with Crippen LogP contribution in [0.1, 0.15) is 5.56 Å². The molecule has 0 saturated carbocycles. The van der Waals surface area contributed by atoms with E-state index < -0.39 is 11.4 Å². The number of carboxylic acids is 1. The number of nitrogens with zero attached hydrogens (tertiary/aromatic N) is 1. The van der Waals surface area contributed by atoms with Gasteiger partial charge < -0.3 is 9.84 Å². The fraction of sp³-hybridized carbons (Fsp3) is 0.231. The first kappa shape index (κ1) is 10.2. The second kappa shape index (κ2) is 3.53. The smallest absolute Gasteiger partial charge is 0.318 e. The molecule has 1 aliphatic heterocycles.